The molecule has 144 valence electrons. The lowest BCUT2D eigenvalue weighted by Crippen LogP contribution is -2.32. The van der Waals surface area contributed by atoms with E-state index in [0.29, 0.717) is 35.5 Å². The van der Waals surface area contributed by atoms with Crippen LogP contribution in [0.15, 0.2) is 60.8 Å². The van der Waals surface area contributed by atoms with Gasteiger partial charge in [-0.1, -0.05) is 60.8 Å². The topological polar surface area (TPSA) is 0 Å². The number of allylic oxidation sites excluding steroid dienone is 5. The second-order valence-electron chi connectivity index (χ2n) is 9.41. The molecule has 0 heteroatoms. The molecule has 6 atom stereocenters. The van der Waals surface area contributed by atoms with E-state index in [9.17, 15) is 0 Å². The van der Waals surface area contributed by atoms with E-state index in [1.807, 2.05) is 0 Å². The monoisotopic (exact) mass is 352 g/mol. The highest BCUT2D eigenvalue weighted by Gasteiger charge is 2.37. The van der Waals surface area contributed by atoms with Crippen molar-refractivity contribution in [3.63, 3.8) is 0 Å². The van der Waals surface area contributed by atoms with Crippen molar-refractivity contribution in [1.82, 2.24) is 0 Å². The predicted octanol–water partition coefficient (Wildman–Crippen LogP) is 7.91. The van der Waals surface area contributed by atoms with Gasteiger partial charge < -0.3 is 0 Å². The molecular formula is C26H40. The molecule has 0 heterocycles. The van der Waals surface area contributed by atoms with Crippen LogP contribution in [0.2, 0.25) is 0 Å². The fraction of sp³-hybridized carbons (Fsp3) is 0.615. The highest BCUT2D eigenvalue weighted by molar-refractivity contribution is 5.19. The molecule has 2 saturated carbocycles. The number of hydrogen-bond acceptors (Lipinski definition) is 0. The van der Waals surface area contributed by atoms with E-state index in [1.165, 1.54) is 66.4 Å². The maximum atomic E-state index is 4.63. The van der Waals surface area contributed by atoms with Crippen molar-refractivity contribution >= 4 is 0 Å². The summed E-state index contributed by atoms with van der Waals surface area (Å²) in [6.07, 6.45) is 7.42. The van der Waals surface area contributed by atoms with E-state index < -0.39 is 0 Å². The van der Waals surface area contributed by atoms with Crippen molar-refractivity contribution in [2.45, 2.75) is 66.2 Å². The summed E-state index contributed by atoms with van der Waals surface area (Å²) in [5.74, 6) is 3.66. The second-order valence-corrected chi connectivity index (χ2v) is 9.41. The van der Waals surface area contributed by atoms with Gasteiger partial charge in [0.25, 0.3) is 0 Å². The molecule has 0 aromatic carbocycles. The van der Waals surface area contributed by atoms with Gasteiger partial charge in [-0.25, -0.2) is 0 Å². The first-order chi connectivity index (χ1) is 12.1. The Balaban J connectivity index is 2.09. The van der Waals surface area contributed by atoms with Gasteiger partial charge in [0, 0.05) is 0 Å². The summed E-state index contributed by atoms with van der Waals surface area (Å²) in [5, 5.41) is 0. The predicted molar refractivity (Wildman–Crippen MR) is 117 cm³/mol. The Bertz CT molecular complexity index is 550. The molecule has 0 N–H and O–H groups in total. The van der Waals surface area contributed by atoms with E-state index >= 15 is 0 Å². The standard InChI is InChI=1S/C26H40/c1-16(2)23-12-10-21(14-25(23)18(5)6)20(9)22-11-13-24(17(3)4)26(15-22)19(7)8/h21-26H,1,3,5,7,9-15H2,2,4,6,8H3. The molecule has 0 aromatic rings. The molecular weight excluding hydrogens is 312 g/mol. The van der Waals surface area contributed by atoms with Crippen LogP contribution in [0.1, 0.15) is 66.2 Å². The third-order valence-electron chi connectivity index (χ3n) is 7.28. The molecule has 0 aliphatic heterocycles. The van der Waals surface area contributed by atoms with Crippen LogP contribution in [0, 0.1) is 35.5 Å². The molecule has 26 heavy (non-hydrogen) atoms. The van der Waals surface area contributed by atoms with Crippen molar-refractivity contribution in [3.05, 3.63) is 60.8 Å². The third kappa shape index (κ3) is 4.51. The largest absolute Gasteiger partial charge is 0.0998 e. The fourth-order valence-electron chi connectivity index (χ4n) is 5.62. The fourth-order valence-corrected chi connectivity index (χ4v) is 5.62. The average Bonchev–Trinajstić information content (AvgIpc) is 2.59. The molecule has 0 spiro atoms. The van der Waals surface area contributed by atoms with Crippen LogP contribution in [-0.2, 0) is 0 Å². The van der Waals surface area contributed by atoms with Crippen molar-refractivity contribution in [2.75, 3.05) is 0 Å². The summed E-state index contributed by atoms with van der Waals surface area (Å²) in [7, 11) is 0. The summed E-state index contributed by atoms with van der Waals surface area (Å²) >= 11 is 0. The summed E-state index contributed by atoms with van der Waals surface area (Å²) in [5.41, 5.74) is 6.79. The molecule has 0 radical (unpaired) electrons. The third-order valence-corrected chi connectivity index (χ3v) is 7.28. The Hall–Kier alpha value is -1.30. The maximum Gasteiger partial charge on any atom is -0.0138 e. The molecule has 0 saturated heterocycles. The van der Waals surface area contributed by atoms with Gasteiger partial charge in [-0.3, -0.25) is 0 Å². The van der Waals surface area contributed by atoms with Crippen molar-refractivity contribution < 1.29 is 0 Å². The van der Waals surface area contributed by atoms with Crippen molar-refractivity contribution in [1.29, 1.82) is 0 Å². The molecule has 2 aliphatic carbocycles. The van der Waals surface area contributed by atoms with Crippen LogP contribution in [0.3, 0.4) is 0 Å². The molecule has 0 bridgehead atoms. The Morgan fingerprint density at radius 3 is 1.08 bits per heavy atom. The van der Waals surface area contributed by atoms with E-state index in [2.05, 4.69) is 60.6 Å². The van der Waals surface area contributed by atoms with Crippen LogP contribution >= 0.6 is 0 Å². The summed E-state index contributed by atoms with van der Waals surface area (Å²) in [6.45, 7) is 30.5. The second kappa shape index (κ2) is 8.59. The van der Waals surface area contributed by atoms with Crippen LogP contribution < -0.4 is 0 Å². The van der Waals surface area contributed by atoms with Gasteiger partial charge in [0.2, 0.25) is 0 Å². The van der Waals surface area contributed by atoms with Gasteiger partial charge in [-0.05, 0) is 102 Å². The highest BCUT2D eigenvalue weighted by Crippen LogP contribution is 2.49. The minimum Gasteiger partial charge on any atom is -0.0998 e. The Morgan fingerprint density at radius 2 is 0.808 bits per heavy atom. The van der Waals surface area contributed by atoms with Gasteiger partial charge in [0.05, 0.1) is 0 Å². The van der Waals surface area contributed by atoms with E-state index in [0.717, 1.165) is 0 Å². The molecule has 6 unspecified atom stereocenters. The van der Waals surface area contributed by atoms with E-state index in [1.54, 1.807) is 0 Å². The van der Waals surface area contributed by atoms with Gasteiger partial charge in [0.1, 0.15) is 0 Å². The Kier molecular flexibility index (Phi) is 6.94. The zero-order valence-corrected chi connectivity index (χ0v) is 17.7. The van der Waals surface area contributed by atoms with Crippen LogP contribution in [0.5, 0.6) is 0 Å². The molecule has 2 fully saturated rings. The van der Waals surface area contributed by atoms with Crippen LogP contribution in [0.4, 0.5) is 0 Å². The number of rotatable bonds is 6. The molecule has 2 rings (SSSR count). The van der Waals surface area contributed by atoms with Gasteiger partial charge in [-0.15, -0.1) is 0 Å². The summed E-state index contributed by atoms with van der Waals surface area (Å²) in [6, 6.07) is 0. The number of hydrogen-bond donors (Lipinski definition) is 0. The highest BCUT2D eigenvalue weighted by atomic mass is 14.4. The first-order valence-corrected chi connectivity index (χ1v) is 10.4. The smallest absolute Gasteiger partial charge is 0.0138 e. The van der Waals surface area contributed by atoms with Crippen LogP contribution in [0.25, 0.3) is 0 Å². The lowest BCUT2D eigenvalue weighted by Gasteiger charge is -2.43. The first-order valence-electron chi connectivity index (χ1n) is 10.4. The lowest BCUT2D eigenvalue weighted by atomic mass is 9.62. The van der Waals surface area contributed by atoms with Gasteiger partial charge in [-0.2, -0.15) is 0 Å². The molecule has 0 amide bonds. The molecule has 0 nitrogen and oxygen atoms in total. The average molecular weight is 353 g/mol. The van der Waals surface area contributed by atoms with E-state index in [4.69, 9.17) is 0 Å². The molecule has 2 aliphatic rings. The van der Waals surface area contributed by atoms with E-state index in [-0.39, 0.29) is 0 Å². The zero-order valence-electron chi connectivity index (χ0n) is 17.7. The summed E-state index contributed by atoms with van der Waals surface area (Å²) < 4.78 is 0. The SMILES string of the molecule is C=C(C1CCC(C(=C)C)C(C(=C)C)C1)C1CCC(C(=C)C)C(C(=C)C)C1. The quantitative estimate of drug-likeness (QED) is 0.426. The zero-order chi connectivity index (χ0) is 19.6. The maximum absolute atomic E-state index is 4.63. The van der Waals surface area contributed by atoms with Gasteiger partial charge >= 0.3 is 0 Å². The van der Waals surface area contributed by atoms with Crippen LogP contribution in [-0.4, -0.2) is 0 Å². The summed E-state index contributed by atoms with van der Waals surface area (Å²) in [4.78, 5) is 0. The Labute approximate surface area is 162 Å². The Morgan fingerprint density at radius 1 is 0.500 bits per heavy atom. The minimum atomic E-state index is 0.576. The van der Waals surface area contributed by atoms with Crippen molar-refractivity contribution in [2.24, 2.45) is 35.5 Å². The minimum absolute atomic E-state index is 0.576. The van der Waals surface area contributed by atoms with Gasteiger partial charge in [0.15, 0.2) is 0 Å². The lowest BCUT2D eigenvalue weighted by molar-refractivity contribution is 0.211. The van der Waals surface area contributed by atoms with Crippen molar-refractivity contribution in [3.8, 4) is 0 Å². The first kappa shape index (κ1) is 21.0. The molecule has 0 aromatic heterocycles. The normalized spacial score (nSPS) is 34.8.